The number of aryl methyl sites for hydroxylation is 2. The van der Waals surface area contributed by atoms with Crippen molar-refractivity contribution in [2.75, 3.05) is 14.2 Å². The SMILES string of the molecule is COc1cc(Br)cc(/C=N/NS(=O)(=O)c2ccc(C)c(C)c2)c1OC. The van der Waals surface area contributed by atoms with Crippen molar-refractivity contribution in [2.45, 2.75) is 18.7 Å². The van der Waals surface area contributed by atoms with Crippen LogP contribution in [0.2, 0.25) is 0 Å². The summed E-state index contributed by atoms with van der Waals surface area (Å²) in [7, 11) is -0.723. The Morgan fingerprint density at radius 2 is 1.80 bits per heavy atom. The van der Waals surface area contributed by atoms with Gasteiger partial charge in [-0.15, -0.1) is 0 Å². The second-order valence-electron chi connectivity index (χ2n) is 5.33. The zero-order valence-corrected chi connectivity index (χ0v) is 16.7. The first-order chi connectivity index (χ1) is 11.8. The van der Waals surface area contributed by atoms with Crippen LogP contribution in [0.25, 0.3) is 0 Å². The maximum Gasteiger partial charge on any atom is 0.276 e. The third kappa shape index (κ3) is 4.52. The van der Waals surface area contributed by atoms with Crippen LogP contribution in [0.5, 0.6) is 11.5 Å². The monoisotopic (exact) mass is 426 g/mol. The van der Waals surface area contributed by atoms with Crippen LogP contribution in [0.15, 0.2) is 44.8 Å². The summed E-state index contributed by atoms with van der Waals surface area (Å²) in [5.74, 6) is 0.968. The van der Waals surface area contributed by atoms with Crippen LogP contribution in [0, 0.1) is 13.8 Å². The Kier molecular flexibility index (Phi) is 6.07. The van der Waals surface area contributed by atoms with Crippen LogP contribution in [0.1, 0.15) is 16.7 Å². The van der Waals surface area contributed by atoms with Gasteiger partial charge in [0.15, 0.2) is 11.5 Å². The van der Waals surface area contributed by atoms with Gasteiger partial charge in [-0.25, -0.2) is 4.83 Å². The first kappa shape index (κ1) is 19.3. The number of nitrogens with one attached hydrogen (secondary N) is 1. The highest BCUT2D eigenvalue weighted by molar-refractivity contribution is 9.10. The number of sulfonamides is 1. The van der Waals surface area contributed by atoms with Crippen LogP contribution < -0.4 is 14.3 Å². The van der Waals surface area contributed by atoms with E-state index in [0.29, 0.717) is 17.1 Å². The van der Waals surface area contributed by atoms with Crippen molar-refractivity contribution in [3.05, 3.63) is 51.5 Å². The lowest BCUT2D eigenvalue weighted by molar-refractivity contribution is 0.354. The fourth-order valence-corrected chi connectivity index (χ4v) is 3.48. The van der Waals surface area contributed by atoms with E-state index >= 15 is 0 Å². The Labute approximate surface area is 156 Å². The summed E-state index contributed by atoms with van der Waals surface area (Å²) in [5, 5.41) is 3.85. The molecule has 134 valence electrons. The highest BCUT2D eigenvalue weighted by atomic mass is 79.9. The molecule has 1 N–H and O–H groups in total. The number of ether oxygens (including phenoxy) is 2. The molecule has 0 saturated carbocycles. The van der Waals surface area contributed by atoms with E-state index < -0.39 is 10.0 Å². The fraction of sp³-hybridized carbons (Fsp3) is 0.235. The highest BCUT2D eigenvalue weighted by Crippen LogP contribution is 2.33. The van der Waals surface area contributed by atoms with Gasteiger partial charge in [-0.05, 0) is 49.2 Å². The van der Waals surface area contributed by atoms with Crippen molar-refractivity contribution in [3.8, 4) is 11.5 Å². The maximum absolute atomic E-state index is 12.3. The quantitative estimate of drug-likeness (QED) is 0.567. The number of hydrogen-bond acceptors (Lipinski definition) is 5. The molecule has 0 heterocycles. The molecule has 0 aliphatic heterocycles. The van der Waals surface area contributed by atoms with Crippen LogP contribution in [0.3, 0.4) is 0 Å². The molecular formula is C17H19BrN2O4S. The lowest BCUT2D eigenvalue weighted by Crippen LogP contribution is -2.18. The average molecular weight is 427 g/mol. The van der Waals surface area contributed by atoms with E-state index in [1.807, 2.05) is 13.8 Å². The molecule has 2 aromatic rings. The largest absolute Gasteiger partial charge is 0.493 e. The van der Waals surface area contributed by atoms with E-state index in [1.165, 1.54) is 20.4 Å². The summed E-state index contributed by atoms with van der Waals surface area (Å²) in [6.45, 7) is 3.78. The molecule has 0 bridgehead atoms. The molecule has 0 unspecified atom stereocenters. The van der Waals surface area contributed by atoms with Crippen molar-refractivity contribution in [3.63, 3.8) is 0 Å². The van der Waals surface area contributed by atoms with E-state index in [1.54, 1.807) is 30.3 Å². The Hall–Kier alpha value is -2.06. The van der Waals surface area contributed by atoms with Crippen LogP contribution in [-0.2, 0) is 10.0 Å². The summed E-state index contributed by atoms with van der Waals surface area (Å²) in [6.07, 6.45) is 1.37. The van der Waals surface area contributed by atoms with Gasteiger partial charge in [0.25, 0.3) is 10.0 Å². The normalized spacial score (nSPS) is 11.6. The van der Waals surface area contributed by atoms with Crippen molar-refractivity contribution < 1.29 is 17.9 Å². The smallest absolute Gasteiger partial charge is 0.276 e. The molecule has 0 spiro atoms. The van der Waals surface area contributed by atoms with E-state index in [2.05, 4.69) is 25.9 Å². The molecule has 6 nitrogen and oxygen atoms in total. The number of hydrogen-bond donors (Lipinski definition) is 1. The number of rotatable bonds is 6. The predicted octanol–water partition coefficient (Wildman–Crippen LogP) is 3.40. The van der Waals surface area contributed by atoms with Gasteiger partial charge >= 0.3 is 0 Å². The third-order valence-corrected chi connectivity index (χ3v) is 5.32. The van der Waals surface area contributed by atoms with Crippen molar-refractivity contribution in [2.24, 2.45) is 5.10 Å². The van der Waals surface area contributed by atoms with Gasteiger partial charge in [-0.1, -0.05) is 22.0 Å². The molecule has 8 heteroatoms. The predicted molar refractivity (Wildman–Crippen MR) is 101 cm³/mol. The summed E-state index contributed by atoms with van der Waals surface area (Å²) in [6, 6.07) is 8.40. The summed E-state index contributed by atoms with van der Waals surface area (Å²) in [4.78, 5) is 2.37. The highest BCUT2D eigenvalue weighted by Gasteiger charge is 2.14. The molecule has 0 fully saturated rings. The van der Waals surface area contributed by atoms with Gasteiger partial charge in [0.1, 0.15) is 0 Å². The number of hydrazone groups is 1. The maximum atomic E-state index is 12.3. The minimum absolute atomic E-state index is 0.159. The summed E-state index contributed by atoms with van der Waals surface area (Å²) < 4.78 is 36.0. The van der Waals surface area contributed by atoms with Gasteiger partial charge in [0.05, 0.1) is 25.3 Å². The molecule has 2 aromatic carbocycles. The van der Waals surface area contributed by atoms with Crippen molar-refractivity contribution in [1.29, 1.82) is 0 Å². The van der Waals surface area contributed by atoms with Gasteiger partial charge < -0.3 is 9.47 Å². The number of methoxy groups -OCH3 is 2. The van der Waals surface area contributed by atoms with Crippen molar-refractivity contribution in [1.82, 2.24) is 4.83 Å². The molecule has 0 aliphatic rings. The van der Waals surface area contributed by atoms with Crippen molar-refractivity contribution >= 4 is 32.2 Å². The first-order valence-corrected chi connectivity index (χ1v) is 9.59. The van der Waals surface area contributed by atoms with Crippen LogP contribution >= 0.6 is 15.9 Å². The Bertz CT molecular complexity index is 911. The first-order valence-electron chi connectivity index (χ1n) is 7.32. The van der Waals surface area contributed by atoms with Crippen LogP contribution in [0.4, 0.5) is 0 Å². The van der Waals surface area contributed by atoms with Gasteiger partial charge in [-0.2, -0.15) is 13.5 Å². The minimum atomic E-state index is -3.75. The van der Waals surface area contributed by atoms with Gasteiger partial charge in [0.2, 0.25) is 0 Å². The van der Waals surface area contributed by atoms with Crippen LogP contribution in [-0.4, -0.2) is 28.9 Å². The zero-order chi connectivity index (χ0) is 18.6. The molecule has 25 heavy (non-hydrogen) atoms. The Morgan fingerprint density at radius 1 is 1.08 bits per heavy atom. The fourth-order valence-electron chi connectivity index (χ4n) is 2.15. The van der Waals surface area contributed by atoms with E-state index in [0.717, 1.165) is 15.6 Å². The molecular weight excluding hydrogens is 408 g/mol. The standard InChI is InChI=1S/C17H19BrN2O4S/c1-11-5-6-15(7-12(11)2)25(21,22)20-19-10-13-8-14(18)9-16(23-3)17(13)24-4/h5-10,20H,1-4H3/b19-10+. The number of benzene rings is 2. The number of halogens is 1. The molecule has 0 aliphatic carbocycles. The minimum Gasteiger partial charge on any atom is -0.493 e. The Morgan fingerprint density at radius 3 is 2.40 bits per heavy atom. The zero-order valence-electron chi connectivity index (χ0n) is 14.3. The lowest BCUT2D eigenvalue weighted by Gasteiger charge is -2.11. The second kappa shape index (κ2) is 7.88. The molecule has 2 rings (SSSR count). The second-order valence-corrected chi connectivity index (χ2v) is 7.91. The molecule has 0 radical (unpaired) electrons. The van der Waals surface area contributed by atoms with Gasteiger partial charge in [0, 0.05) is 10.0 Å². The number of nitrogens with zero attached hydrogens (tertiary/aromatic N) is 1. The molecule has 0 amide bonds. The Balaban J connectivity index is 2.28. The lowest BCUT2D eigenvalue weighted by atomic mass is 10.1. The molecule has 0 saturated heterocycles. The van der Waals surface area contributed by atoms with Gasteiger partial charge in [-0.3, -0.25) is 0 Å². The summed E-state index contributed by atoms with van der Waals surface area (Å²) >= 11 is 3.36. The molecule has 0 aromatic heterocycles. The third-order valence-electron chi connectivity index (χ3n) is 3.64. The van der Waals surface area contributed by atoms with E-state index in [9.17, 15) is 8.42 Å². The summed E-state index contributed by atoms with van der Waals surface area (Å²) in [5.41, 5.74) is 2.48. The average Bonchev–Trinajstić information content (AvgIpc) is 2.56. The molecule has 0 atom stereocenters. The topological polar surface area (TPSA) is 77.0 Å². The van der Waals surface area contributed by atoms with E-state index in [4.69, 9.17) is 9.47 Å². The van der Waals surface area contributed by atoms with E-state index in [-0.39, 0.29) is 4.90 Å².